The molecule has 1 amide bonds. The molecule has 2 aromatic carbocycles. The van der Waals surface area contributed by atoms with Gasteiger partial charge in [0.25, 0.3) is 0 Å². The van der Waals surface area contributed by atoms with Crippen molar-refractivity contribution in [1.29, 1.82) is 0 Å². The van der Waals surface area contributed by atoms with Crippen molar-refractivity contribution in [2.45, 2.75) is 19.9 Å². The Morgan fingerprint density at radius 1 is 1.00 bits per heavy atom. The first-order valence-electron chi connectivity index (χ1n) is 10.0. The van der Waals surface area contributed by atoms with Gasteiger partial charge in [-0.15, -0.1) is 0 Å². The van der Waals surface area contributed by atoms with Gasteiger partial charge in [0.2, 0.25) is 5.91 Å². The molecule has 1 saturated heterocycles. The van der Waals surface area contributed by atoms with E-state index in [1.54, 1.807) is 24.3 Å². The van der Waals surface area contributed by atoms with E-state index in [1.165, 1.54) is 18.2 Å². The number of hydrogen-bond donors (Lipinski definition) is 1. The Bertz CT molecular complexity index is 853. The van der Waals surface area contributed by atoms with E-state index in [0.29, 0.717) is 17.8 Å². The summed E-state index contributed by atoms with van der Waals surface area (Å²) in [5.41, 5.74) is 3.71. The number of aryl methyl sites for hydroxylation is 1. The summed E-state index contributed by atoms with van der Waals surface area (Å²) in [6.07, 6.45) is 1.04. The summed E-state index contributed by atoms with van der Waals surface area (Å²) in [6.45, 7) is 7.20. The van der Waals surface area contributed by atoms with Crippen LogP contribution in [0.15, 0.2) is 48.5 Å². The Labute approximate surface area is 172 Å². The van der Waals surface area contributed by atoms with Crippen LogP contribution in [0.3, 0.4) is 0 Å². The third kappa shape index (κ3) is 6.14. The number of esters is 1. The minimum Gasteiger partial charge on any atom is -0.465 e. The maximum Gasteiger partial charge on any atom is 0.337 e. The molecule has 1 N–H and O–H groups in total. The molecule has 6 nitrogen and oxygen atoms in total. The average molecular weight is 396 g/mol. The van der Waals surface area contributed by atoms with Gasteiger partial charge in [-0.3, -0.25) is 14.6 Å². The standard InChI is InChI=1S/C23H29N3O3/c1-18-7-3-4-8-20(18)16-25-11-6-12-26(14-13-25)17-22(27)24-21-10-5-9-19(15-21)23(28)29-2/h3-5,7-10,15H,6,11-14,16-17H2,1-2H3,(H,24,27). The first-order valence-corrected chi connectivity index (χ1v) is 10.0. The number of hydrogen-bond acceptors (Lipinski definition) is 5. The molecule has 6 heteroatoms. The Hall–Kier alpha value is -2.70. The van der Waals surface area contributed by atoms with Crippen molar-refractivity contribution in [2.24, 2.45) is 0 Å². The van der Waals surface area contributed by atoms with Crippen molar-refractivity contribution in [3.63, 3.8) is 0 Å². The average Bonchev–Trinajstić information content (AvgIpc) is 2.94. The van der Waals surface area contributed by atoms with Crippen LogP contribution in [0.2, 0.25) is 0 Å². The molecule has 0 radical (unpaired) electrons. The molecule has 0 spiro atoms. The number of benzene rings is 2. The van der Waals surface area contributed by atoms with Gasteiger partial charge in [0.15, 0.2) is 0 Å². The topological polar surface area (TPSA) is 61.9 Å². The SMILES string of the molecule is COC(=O)c1cccc(NC(=O)CN2CCCN(Cc3ccccc3C)CC2)c1. The summed E-state index contributed by atoms with van der Waals surface area (Å²) in [7, 11) is 1.34. The lowest BCUT2D eigenvalue weighted by Crippen LogP contribution is -2.36. The molecule has 0 aliphatic carbocycles. The maximum atomic E-state index is 12.5. The summed E-state index contributed by atoms with van der Waals surface area (Å²) in [5.74, 6) is -0.485. The van der Waals surface area contributed by atoms with E-state index in [2.05, 4.69) is 46.3 Å². The zero-order valence-corrected chi connectivity index (χ0v) is 17.2. The normalized spacial score (nSPS) is 15.5. The van der Waals surface area contributed by atoms with Gasteiger partial charge < -0.3 is 10.1 Å². The van der Waals surface area contributed by atoms with Gasteiger partial charge >= 0.3 is 5.97 Å². The predicted molar refractivity (Wildman–Crippen MR) is 114 cm³/mol. The van der Waals surface area contributed by atoms with E-state index in [0.717, 1.165) is 39.1 Å². The predicted octanol–water partition coefficient (Wildman–Crippen LogP) is 2.93. The van der Waals surface area contributed by atoms with E-state index in [4.69, 9.17) is 4.74 Å². The number of nitrogens with one attached hydrogen (secondary N) is 1. The molecule has 2 aromatic rings. The minimum absolute atomic E-state index is 0.0700. The highest BCUT2D eigenvalue weighted by atomic mass is 16.5. The van der Waals surface area contributed by atoms with Crippen molar-refractivity contribution in [2.75, 3.05) is 45.2 Å². The van der Waals surface area contributed by atoms with Crippen molar-refractivity contribution in [1.82, 2.24) is 9.80 Å². The van der Waals surface area contributed by atoms with Gasteiger partial charge in [0, 0.05) is 25.3 Å². The summed E-state index contributed by atoms with van der Waals surface area (Å²) in [5, 5.41) is 2.89. The van der Waals surface area contributed by atoms with Crippen molar-refractivity contribution >= 4 is 17.6 Å². The zero-order chi connectivity index (χ0) is 20.6. The number of amides is 1. The number of nitrogens with zero attached hydrogens (tertiary/aromatic N) is 2. The Balaban J connectivity index is 1.50. The summed E-state index contributed by atoms with van der Waals surface area (Å²) in [4.78, 5) is 28.8. The smallest absolute Gasteiger partial charge is 0.337 e. The monoisotopic (exact) mass is 395 g/mol. The number of carbonyl (C=O) groups is 2. The molecule has 1 aliphatic rings. The number of methoxy groups -OCH3 is 1. The quantitative estimate of drug-likeness (QED) is 0.762. The first kappa shape index (κ1) is 21.0. The van der Waals surface area contributed by atoms with Crippen LogP contribution in [0.4, 0.5) is 5.69 Å². The van der Waals surface area contributed by atoms with Gasteiger partial charge in [0.05, 0.1) is 19.2 Å². The first-order chi connectivity index (χ1) is 14.0. The highest BCUT2D eigenvalue weighted by molar-refractivity contribution is 5.95. The third-order valence-corrected chi connectivity index (χ3v) is 5.27. The van der Waals surface area contributed by atoms with Crippen LogP contribution >= 0.6 is 0 Å². The van der Waals surface area contributed by atoms with Crippen LogP contribution in [0.1, 0.15) is 27.9 Å². The van der Waals surface area contributed by atoms with E-state index in [-0.39, 0.29) is 5.91 Å². The second-order valence-electron chi connectivity index (χ2n) is 7.45. The number of carbonyl (C=O) groups excluding carboxylic acids is 2. The van der Waals surface area contributed by atoms with E-state index in [9.17, 15) is 9.59 Å². The third-order valence-electron chi connectivity index (χ3n) is 5.27. The molecule has 154 valence electrons. The fourth-order valence-corrected chi connectivity index (χ4v) is 3.61. The lowest BCUT2D eigenvalue weighted by molar-refractivity contribution is -0.117. The largest absolute Gasteiger partial charge is 0.465 e. The Morgan fingerprint density at radius 2 is 1.76 bits per heavy atom. The molecule has 0 saturated carbocycles. The number of rotatable bonds is 6. The van der Waals surface area contributed by atoms with E-state index < -0.39 is 5.97 Å². The van der Waals surface area contributed by atoms with Crippen LogP contribution in [-0.2, 0) is 16.1 Å². The van der Waals surface area contributed by atoms with Crippen LogP contribution < -0.4 is 5.32 Å². The molecule has 0 bridgehead atoms. The highest BCUT2D eigenvalue weighted by Crippen LogP contribution is 2.14. The molecular formula is C23H29N3O3. The van der Waals surface area contributed by atoms with Crippen LogP contribution in [0, 0.1) is 6.92 Å². The zero-order valence-electron chi connectivity index (χ0n) is 17.2. The van der Waals surface area contributed by atoms with Crippen LogP contribution in [-0.4, -0.2) is 61.5 Å². The van der Waals surface area contributed by atoms with Gasteiger partial charge in [-0.2, -0.15) is 0 Å². The molecule has 1 fully saturated rings. The Morgan fingerprint density at radius 3 is 2.55 bits per heavy atom. The Kier molecular flexibility index (Phi) is 7.38. The highest BCUT2D eigenvalue weighted by Gasteiger charge is 2.18. The summed E-state index contributed by atoms with van der Waals surface area (Å²) < 4.78 is 4.73. The fourth-order valence-electron chi connectivity index (χ4n) is 3.61. The van der Waals surface area contributed by atoms with Gasteiger partial charge in [-0.25, -0.2) is 4.79 Å². The molecule has 1 aliphatic heterocycles. The van der Waals surface area contributed by atoms with E-state index in [1.807, 2.05) is 0 Å². The lowest BCUT2D eigenvalue weighted by Gasteiger charge is -2.22. The number of anilines is 1. The van der Waals surface area contributed by atoms with Crippen molar-refractivity contribution < 1.29 is 14.3 Å². The van der Waals surface area contributed by atoms with E-state index >= 15 is 0 Å². The van der Waals surface area contributed by atoms with Crippen molar-refractivity contribution in [3.8, 4) is 0 Å². The van der Waals surface area contributed by atoms with Crippen LogP contribution in [0.25, 0.3) is 0 Å². The molecule has 0 atom stereocenters. The molecule has 1 heterocycles. The summed E-state index contributed by atoms with van der Waals surface area (Å²) in [6, 6.07) is 15.3. The van der Waals surface area contributed by atoms with Crippen LogP contribution in [0.5, 0.6) is 0 Å². The molecular weight excluding hydrogens is 366 g/mol. The second kappa shape index (κ2) is 10.2. The maximum absolute atomic E-state index is 12.5. The fraction of sp³-hybridized carbons (Fsp3) is 0.391. The van der Waals surface area contributed by atoms with Crippen molar-refractivity contribution in [3.05, 3.63) is 65.2 Å². The molecule has 0 aromatic heterocycles. The summed E-state index contributed by atoms with van der Waals surface area (Å²) >= 11 is 0. The van der Waals surface area contributed by atoms with Gasteiger partial charge in [-0.05, 0) is 55.8 Å². The minimum atomic E-state index is -0.414. The molecule has 29 heavy (non-hydrogen) atoms. The molecule has 3 rings (SSSR count). The number of ether oxygens (including phenoxy) is 1. The second-order valence-corrected chi connectivity index (χ2v) is 7.45. The lowest BCUT2D eigenvalue weighted by atomic mass is 10.1. The molecule has 0 unspecified atom stereocenters. The van der Waals surface area contributed by atoms with Gasteiger partial charge in [0.1, 0.15) is 0 Å². The van der Waals surface area contributed by atoms with Gasteiger partial charge in [-0.1, -0.05) is 30.3 Å².